The van der Waals surface area contributed by atoms with Gasteiger partial charge in [0.05, 0.1) is 17.6 Å². The fourth-order valence-corrected chi connectivity index (χ4v) is 3.56. The molecule has 144 valence electrons. The molecular weight excluding hydrogens is 364 g/mol. The Balaban J connectivity index is 1.70. The highest BCUT2D eigenvalue weighted by Gasteiger charge is 2.39. The molecule has 2 aliphatic carbocycles. The Morgan fingerprint density at radius 3 is 2.46 bits per heavy atom. The van der Waals surface area contributed by atoms with Gasteiger partial charge in [0.1, 0.15) is 18.1 Å². The number of carbonyl (C=O) groups is 2. The highest BCUT2D eigenvalue weighted by atomic mass is 16.6. The average Bonchev–Trinajstić information content (AvgIpc) is 3.47. The van der Waals surface area contributed by atoms with E-state index >= 15 is 0 Å². The van der Waals surface area contributed by atoms with E-state index in [1.54, 1.807) is 0 Å². The topological polar surface area (TPSA) is 101 Å². The SMILES string of the molecule is COC1=CC(=O)c2c(c(COc3ccc([N+](=O)[O-])cc3)c(C)n2C2CC2)C1=O. The third-order valence-corrected chi connectivity index (χ3v) is 5.09. The molecular formula is C20H18N2O6. The number of methoxy groups -OCH3 is 1. The third kappa shape index (κ3) is 2.87. The number of ketones is 2. The summed E-state index contributed by atoms with van der Waals surface area (Å²) in [7, 11) is 1.36. The minimum atomic E-state index is -0.483. The van der Waals surface area contributed by atoms with Crippen LogP contribution in [0.1, 0.15) is 51.0 Å². The second kappa shape index (κ2) is 6.63. The Morgan fingerprint density at radius 2 is 1.89 bits per heavy atom. The Morgan fingerprint density at radius 1 is 1.21 bits per heavy atom. The summed E-state index contributed by atoms with van der Waals surface area (Å²) in [6.07, 6.45) is 3.17. The van der Waals surface area contributed by atoms with Crippen LogP contribution in [-0.2, 0) is 11.3 Å². The van der Waals surface area contributed by atoms with Gasteiger partial charge in [0.15, 0.2) is 5.76 Å². The van der Waals surface area contributed by atoms with Gasteiger partial charge in [-0.3, -0.25) is 19.7 Å². The lowest BCUT2D eigenvalue weighted by Crippen LogP contribution is -2.20. The third-order valence-electron chi connectivity index (χ3n) is 5.09. The molecule has 0 N–H and O–H groups in total. The second-order valence-electron chi connectivity index (χ2n) is 6.83. The van der Waals surface area contributed by atoms with Crippen molar-refractivity contribution in [3.63, 3.8) is 0 Å². The van der Waals surface area contributed by atoms with E-state index in [4.69, 9.17) is 9.47 Å². The van der Waals surface area contributed by atoms with E-state index in [9.17, 15) is 19.7 Å². The van der Waals surface area contributed by atoms with E-state index in [0.717, 1.165) is 18.5 Å². The van der Waals surface area contributed by atoms with E-state index in [1.165, 1.54) is 37.5 Å². The van der Waals surface area contributed by atoms with Crippen molar-refractivity contribution in [1.29, 1.82) is 0 Å². The van der Waals surface area contributed by atoms with Crippen LogP contribution in [0.25, 0.3) is 0 Å². The largest absolute Gasteiger partial charge is 0.492 e. The first kappa shape index (κ1) is 18.0. The molecule has 0 spiro atoms. The van der Waals surface area contributed by atoms with Crippen LogP contribution in [0.15, 0.2) is 36.1 Å². The molecule has 1 fully saturated rings. The summed E-state index contributed by atoms with van der Waals surface area (Å²) < 4.78 is 12.8. The molecule has 0 atom stereocenters. The molecule has 0 radical (unpaired) electrons. The first-order valence-corrected chi connectivity index (χ1v) is 8.88. The number of Topliss-reactive ketones (excluding diaryl/α,β-unsaturated/α-hetero) is 1. The molecule has 8 heteroatoms. The van der Waals surface area contributed by atoms with E-state index < -0.39 is 4.92 Å². The van der Waals surface area contributed by atoms with Gasteiger partial charge in [0.2, 0.25) is 11.6 Å². The Hall–Kier alpha value is -3.42. The van der Waals surface area contributed by atoms with Crippen molar-refractivity contribution in [2.75, 3.05) is 7.11 Å². The maximum Gasteiger partial charge on any atom is 0.269 e. The number of nitro groups is 1. The Labute approximate surface area is 160 Å². The molecule has 1 aromatic heterocycles. The summed E-state index contributed by atoms with van der Waals surface area (Å²) in [6, 6.07) is 5.94. The summed E-state index contributed by atoms with van der Waals surface area (Å²) in [4.78, 5) is 35.8. The van der Waals surface area contributed by atoms with Gasteiger partial charge in [-0.2, -0.15) is 0 Å². The first-order chi connectivity index (χ1) is 13.4. The van der Waals surface area contributed by atoms with Crippen LogP contribution in [0.5, 0.6) is 5.75 Å². The number of hydrogen-bond donors (Lipinski definition) is 0. The van der Waals surface area contributed by atoms with E-state index in [-0.39, 0.29) is 35.7 Å². The number of nitrogens with zero attached hydrogens (tertiary/aromatic N) is 2. The fraction of sp³-hybridized carbons (Fsp3) is 0.300. The molecule has 2 aliphatic rings. The molecule has 0 amide bonds. The molecule has 0 bridgehead atoms. The molecule has 28 heavy (non-hydrogen) atoms. The molecule has 0 saturated heterocycles. The summed E-state index contributed by atoms with van der Waals surface area (Å²) in [5.41, 5.74) is 2.16. The number of hydrogen-bond acceptors (Lipinski definition) is 6. The zero-order valence-corrected chi connectivity index (χ0v) is 15.4. The molecule has 0 aliphatic heterocycles. The molecule has 1 aromatic carbocycles. The van der Waals surface area contributed by atoms with E-state index in [2.05, 4.69) is 0 Å². The quantitative estimate of drug-likeness (QED) is 0.560. The van der Waals surface area contributed by atoms with Gasteiger partial charge >= 0.3 is 0 Å². The smallest absolute Gasteiger partial charge is 0.269 e. The summed E-state index contributed by atoms with van der Waals surface area (Å²) in [5.74, 6) is -0.123. The number of non-ortho nitro benzene ring substituents is 1. The summed E-state index contributed by atoms with van der Waals surface area (Å²) >= 11 is 0. The number of aromatic nitrogens is 1. The number of benzene rings is 1. The van der Waals surface area contributed by atoms with E-state index in [0.29, 0.717) is 22.6 Å². The highest BCUT2D eigenvalue weighted by Crippen LogP contribution is 2.42. The van der Waals surface area contributed by atoms with Gasteiger partial charge in [0.25, 0.3) is 5.69 Å². The number of ether oxygens (including phenoxy) is 2. The van der Waals surface area contributed by atoms with Gasteiger partial charge in [0, 0.05) is 35.5 Å². The predicted molar refractivity (Wildman–Crippen MR) is 98.6 cm³/mol. The predicted octanol–water partition coefficient (Wildman–Crippen LogP) is 3.53. The highest BCUT2D eigenvalue weighted by molar-refractivity contribution is 6.24. The number of carbonyl (C=O) groups excluding carboxylic acids is 2. The van der Waals surface area contributed by atoms with Gasteiger partial charge in [-0.25, -0.2) is 0 Å². The molecule has 0 unspecified atom stereocenters. The minimum Gasteiger partial charge on any atom is -0.492 e. The zero-order chi connectivity index (χ0) is 20.0. The monoisotopic (exact) mass is 382 g/mol. The van der Waals surface area contributed by atoms with Gasteiger partial charge in [-0.05, 0) is 31.9 Å². The molecule has 8 nitrogen and oxygen atoms in total. The standard InChI is InChI=1S/C20H18N2O6/c1-11-15(10-28-14-7-5-13(6-8-14)22(25)26)18-19(21(11)12-3-4-12)16(23)9-17(27-2)20(18)24/h5-9,12H,3-4,10H2,1-2H3. The number of fused-ring (bicyclic) bond motifs is 1. The summed E-state index contributed by atoms with van der Waals surface area (Å²) in [6.45, 7) is 1.94. The number of rotatable bonds is 6. The van der Waals surface area contributed by atoms with E-state index in [1.807, 2.05) is 11.5 Å². The maximum absolute atomic E-state index is 12.9. The maximum atomic E-state index is 12.9. The normalized spacial score (nSPS) is 15.9. The van der Waals surface area contributed by atoms with Crippen molar-refractivity contribution in [3.8, 4) is 5.75 Å². The lowest BCUT2D eigenvalue weighted by molar-refractivity contribution is -0.384. The second-order valence-corrected chi connectivity index (χ2v) is 6.83. The number of allylic oxidation sites excluding steroid dienone is 2. The van der Waals surface area contributed by atoms with Crippen LogP contribution < -0.4 is 4.74 Å². The average molecular weight is 382 g/mol. The first-order valence-electron chi connectivity index (χ1n) is 8.88. The number of nitro benzene ring substituents is 1. The van der Waals surface area contributed by atoms with Crippen molar-refractivity contribution in [2.24, 2.45) is 0 Å². The van der Waals surface area contributed by atoms with Crippen molar-refractivity contribution < 1.29 is 24.0 Å². The Bertz CT molecular complexity index is 1030. The zero-order valence-electron chi connectivity index (χ0n) is 15.4. The van der Waals surface area contributed by atoms with Crippen molar-refractivity contribution in [1.82, 2.24) is 4.57 Å². The van der Waals surface area contributed by atoms with Gasteiger partial charge in [-0.15, -0.1) is 0 Å². The lowest BCUT2D eigenvalue weighted by Gasteiger charge is -2.14. The van der Waals surface area contributed by atoms with Crippen LogP contribution in [0, 0.1) is 17.0 Å². The van der Waals surface area contributed by atoms with Gasteiger partial charge < -0.3 is 14.0 Å². The van der Waals surface area contributed by atoms with Crippen LogP contribution in [0.3, 0.4) is 0 Å². The van der Waals surface area contributed by atoms with Crippen molar-refractivity contribution >= 4 is 17.3 Å². The Kier molecular flexibility index (Phi) is 4.26. The molecule has 1 heterocycles. The fourth-order valence-electron chi connectivity index (χ4n) is 3.56. The molecule has 4 rings (SSSR count). The van der Waals surface area contributed by atoms with Gasteiger partial charge in [-0.1, -0.05) is 0 Å². The van der Waals surface area contributed by atoms with Crippen LogP contribution in [0.4, 0.5) is 5.69 Å². The molecule has 1 saturated carbocycles. The van der Waals surface area contributed by atoms with Crippen LogP contribution in [0.2, 0.25) is 0 Å². The van der Waals surface area contributed by atoms with Crippen molar-refractivity contribution in [2.45, 2.75) is 32.4 Å². The van der Waals surface area contributed by atoms with Crippen molar-refractivity contribution in [3.05, 3.63) is 68.7 Å². The lowest BCUT2D eigenvalue weighted by atomic mass is 9.96. The molecule has 2 aromatic rings. The van der Waals surface area contributed by atoms with Crippen LogP contribution >= 0.6 is 0 Å². The summed E-state index contributed by atoms with van der Waals surface area (Å²) in [5, 5.41) is 10.8. The van der Waals surface area contributed by atoms with Crippen LogP contribution in [-0.4, -0.2) is 28.2 Å². The minimum absolute atomic E-state index is 0.0158.